The Labute approximate surface area is 114 Å². The number of nitrogens with one attached hydrogen (secondary N) is 1. The number of unbranched alkanes of at least 4 members (excludes halogenated alkanes) is 1. The summed E-state index contributed by atoms with van der Waals surface area (Å²) in [4.78, 5) is 0. The maximum absolute atomic E-state index is 8.76. The normalized spacial score (nSPS) is 12.2. The lowest BCUT2D eigenvalue weighted by Crippen LogP contribution is -2.29. The van der Waals surface area contributed by atoms with Crippen LogP contribution in [0.25, 0.3) is 0 Å². The third-order valence-electron chi connectivity index (χ3n) is 2.99. The van der Waals surface area contributed by atoms with E-state index in [4.69, 9.17) is 20.3 Å². The summed E-state index contributed by atoms with van der Waals surface area (Å²) >= 11 is 0. The van der Waals surface area contributed by atoms with Crippen LogP contribution in [0.15, 0.2) is 18.2 Å². The zero-order valence-electron chi connectivity index (χ0n) is 11.7. The molecule has 0 radical (unpaired) electrons. The van der Waals surface area contributed by atoms with Gasteiger partial charge in [0.2, 0.25) is 0 Å². The lowest BCUT2D eigenvalue weighted by Gasteiger charge is -2.19. The predicted octanol–water partition coefficient (Wildman–Crippen LogP) is 1.07. The van der Waals surface area contributed by atoms with Gasteiger partial charge in [-0.05, 0) is 37.1 Å². The van der Waals surface area contributed by atoms with Gasteiger partial charge in [-0.2, -0.15) is 0 Å². The highest BCUT2D eigenvalue weighted by Gasteiger charge is 2.11. The Balaban J connectivity index is 2.73. The van der Waals surface area contributed by atoms with Gasteiger partial charge in [-0.3, -0.25) is 0 Å². The van der Waals surface area contributed by atoms with Gasteiger partial charge < -0.3 is 25.6 Å². The highest BCUT2D eigenvalue weighted by molar-refractivity contribution is 5.40. The SMILES string of the molecule is COc1cc(OC)cc(C(CN)NCCCCO)c1. The summed E-state index contributed by atoms with van der Waals surface area (Å²) in [5.41, 5.74) is 6.85. The Bertz CT molecular complexity index is 349. The van der Waals surface area contributed by atoms with E-state index in [1.165, 1.54) is 0 Å². The third-order valence-corrected chi connectivity index (χ3v) is 2.99. The van der Waals surface area contributed by atoms with Gasteiger partial charge >= 0.3 is 0 Å². The van der Waals surface area contributed by atoms with E-state index in [1.54, 1.807) is 14.2 Å². The third kappa shape index (κ3) is 5.06. The second kappa shape index (κ2) is 8.74. The van der Waals surface area contributed by atoms with Gasteiger partial charge in [0, 0.05) is 25.3 Å². The molecular formula is C14H24N2O3. The van der Waals surface area contributed by atoms with Crippen LogP contribution in [0.2, 0.25) is 0 Å². The number of hydrogen-bond donors (Lipinski definition) is 3. The molecule has 108 valence electrons. The number of hydrogen-bond acceptors (Lipinski definition) is 5. The van der Waals surface area contributed by atoms with Crippen molar-refractivity contribution in [3.8, 4) is 11.5 Å². The van der Waals surface area contributed by atoms with Crippen molar-refractivity contribution in [3.05, 3.63) is 23.8 Å². The molecule has 0 spiro atoms. The molecule has 0 heterocycles. The molecular weight excluding hydrogens is 244 g/mol. The highest BCUT2D eigenvalue weighted by atomic mass is 16.5. The summed E-state index contributed by atoms with van der Waals surface area (Å²) in [6.45, 7) is 1.54. The standard InChI is InChI=1S/C14H24N2O3/c1-18-12-7-11(8-13(9-12)19-2)14(10-15)16-5-3-4-6-17/h7-9,14,16-17H,3-6,10,15H2,1-2H3. The Hall–Kier alpha value is -1.30. The number of rotatable bonds is 9. The van der Waals surface area contributed by atoms with Crippen molar-refractivity contribution in [2.75, 3.05) is 33.9 Å². The van der Waals surface area contributed by atoms with E-state index in [9.17, 15) is 0 Å². The summed E-state index contributed by atoms with van der Waals surface area (Å²) < 4.78 is 10.5. The Morgan fingerprint density at radius 3 is 2.26 bits per heavy atom. The molecule has 1 aromatic rings. The number of ether oxygens (including phenoxy) is 2. The van der Waals surface area contributed by atoms with Crippen LogP contribution in [0.4, 0.5) is 0 Å². The van der Waals surface area contributed by atoms with Crippen LogP contribution >= 0.6 is 0 Å². The first-order chi connectivity index (χ1) is 9.24. The maximum atomic E-state index is 8.76. The van der Waals surface area contributed by atoms with E-state index < -0.39 is 0 Å². The monoisotopic (exact) mass is 268 g/mol. The number of methoxy groups -OCH3 is 2. The molecule has 1 rings (SSSR count). The summed E-state index contributed by atoms with van der Waals surface area (Å²) in [7, 11) is 3.26. The molecule has 19 heavy (non-hydrogen) atoms. The van der Waals surface area contributed by atoms with Crippen LogP contribution < -0.4 is 20.5 Å². The molecule has 0 aliphatic carbocycles. The average Bonchev–Trinajstić information content (AvgIpc) is 2.46. The zero-order valence-corrected chi connectivity index (χ0v) is 11.7. The van der Waals surface area contributed by atoms with E-state index >= 15 is 0 Å². The summed E-state index contributed by atoms with van der Waals surface area (Å²) in [6.07, 6.45) is 1.72. The van der Waals surface area contributed by atoms with Gasteiger partial charge in [-0.15, -0.1) is 0 Å². The van der Waals surface area contributed by atoms with Gasteiger partial charge in [-0.25, -0.2) is 0 Å². The average molecular weight is 268 g/mol. The second-order valence-corrected chi connectivity index (χ2v) is 4.32. The maximum Gasteiger partial charge on any atom is 0.122 e. The second-order valence-electron chi connectivity index (χ2n) is 4.32. The minimum Gasteiger partial charge on any atom is -0.497 e. The van der Waals surface area contributed by atoms with Crippen LogP contribution in [0.3, 0.4) is 0 Å². The van der Waals surface area contributed by atoms with Gasteiger partial charge in [-0.1, -0.05) is 0 Å². The Morgan fingerprint density at radius 1 is 1.16 bits per heavy atom. The molecule has 1 unspecified atom stereocenters. The van der Waals surface area contributed by atoms with Crippen molar-refractivity contribution in [2.45, 2.75) is 18.9 Å². The molecule has 0 fully saturated rings. The lowest BCUT2D eigenvalue weighted by atomic mass is 10.1. The molecule has 0 aliphatic rings. The lowest BCUT2D eigenvalue weighted by molar-refractivity contribution is 0.282. The molecule has 4 N–H and O–H groups in total. The van der Waals surface area contributed by atoms with Crippen molar-refractivity contribution in [1.82, 2.24) is 5.32 Å². The van der Waals surface area contributed by atoms with Crippen LogP contribution in [0.1, 0.15) is 24.4 Å². The molecule has 1 aromatic carbocycles. The van der Waals surface area contributed by atoms with Crippen molar-refractivity contribution >= 4 is 0 Å². The summed E-state index contributed by atoms with van der Waals surface area (Å²) in [6, 6.07) is 5.81. The van der Waals surface area contributed by atoms with Gasteiger partial charge in [0.1, 0.15) is 11.5 Å². The molecule has 1 atom stereocenters. The van der Waals surface area contributed by atoms with Crippen LogP contribution in [-0.4, -0.2) is 39.0 Å². The number of benzene rings is 1. The molecule has 5 heteroatoms. The van der Waals surface area contributed by atoms with Crippen molar-refractivity contribution in [2.24, 2.45) is 5.73 Å². The van der Waals surface area contributed by atoms with Crippen LogP contribution in [-0.2, 0) is 0 Å². The van der Waals surface area contributed by atoms with Gasteiger partial charge in [0.05, 0.1) is 14.2 Å². The quantitative estimate of drug-likeness (QED) is 0.584. The van der Waals surface area contributed by atoms with Gasteiger partial charge in [0.25, 0.3) is 0 Å². The van der Waals surface area contributed by atoms with Crippen molar-refractivity contribution in [1.29, 1.82) is 0 Å². The first kappa shape index (κ1) is 15.8. The number of aliphatic hydroxyl groups excluding tert-OH is 1. The number of aliphatic hydroxyl groups is 1. The van der Waals surface area contributed by atoms with Crippen LogP contribution in [0.5, 0.6) is 11.5 Å². The molecule has 5 nitrogen and oxygen atoms in total. The smallest absolute Gasteiger partial charge is 0.122 e. The molecule has 0 amide bonds. The summed E-state index contributed by atoms with van der Waals surface area (Å²) in [5.74, 6) is 1.51. The molecule has 0 bridgehead atoms. The molecule has 0 aliphatic heterocycles. The first-order valence-electron chi connectivity index (χ1n) is 6.52. The van der Waals surface area contributed by atoms with Gasteiger partial charge in [0.15, 0.2) is 0 Å². The van der Waals surface area contributed by atoms with Crippen LogP contribution in [0, 0.1) is 0 Å². The predicted molar refractivity (Wildman–Crippen MR) is 75.7 cm³/mol. The summed E-state index contributed by atoms with van der Waals surface area (Å²) in [5, 5.41) is 12.1. The fourth-order valence-electron chi connectivity index (χ4n) is 1.88. The van der Waals surface area contributed by atoms with Crippen molar-refractivity contribution in [3.63, 3.8) is 0 Å². The minimum absolute atomic E-state index is 0.0580. The molecule has 0 aromatic heterocycles. The largest absolute Gasteiger partial charge is 0.497 e. The zero-order chi connectivity index (χ0) is 14.1. The fourth-order valence-corrected chi connectivity index (χ4v) is 1.88. The van der Waals surface area contributed by atoms with E-state index in [-0.39, 0.29) is 12.6 Å². The Kier molecular flexibility index (Phi) is 7.25. The molecule has 0 saturated heterocycles. The number of nitrogens with two attached hydrogens (primary N) is 1. The Morgan fingerprint density at radius 2 is 1.79 bits per heavy atom. The van der Waals surface area contributed by atoms with E-state index in [0.717, 1.165) is 36.4 Å². The highest BCUT2D eigenvalue weighted by Crippen LogP contribution is 2.26. The molecule has 0 saturated carbocycles. The van der Waals surface area contributed by atoms with Crippen molar-refractivity contribution < 1.29 is 14.6 Å². The fraction of sp³-hybridized carbons (Fsp3) is 0.571. The first-order valence-corrected chi connectivity index (χ1v) is 6.52. The minimum atomic E-state index is 0.0580. The topological polar surface area (TPSA) is 76.7 Å². The van der Waals surface area contributed by atoms with E-state index in [0.29, 0.717) is 6.54 Å². The van der Waals surface area contributed by atoms with E-state index in [1.807, 2.05) is 18.2 Å². The van der Waals surface area contributed by atoms with E-state index in [2.05, 4.69) is 5.32 Å².